The van der Waals surface area contributed by atoms with Crippen LogP contribution in [-0.4, -0.2) is 86.5 Å². The second kappa shape index (κ2) is 9.72. The summed E-state index contributed by atoms with van der Waals surface area (Å²) in [5.41, 5.74) is 1.99. The van der Waals surface area contributed by atoms with E-state index in [-0.39, 0.29) is 24.2 Å². The van der Waals surface area contributed by atoms with Gasteiger partial charge in [0.2, 0.25) is 17.2 Å². The highest BCUT2D eigenvalue weighted by atomic mass is 32.2. The van der Waals surface area contributed by atoms with Gasteiger partial charge < -0.3 is 19.3 Å². The maximum Gasteiger partial charge on any atom is 0.267 e. The average molecular weight is 481 g/mol. The fourth-order valence-electron chi connectivity index (χ4n) is 3.86. The van der Waals surface area contributed by atoms with Crippen molar-refractivity contribution in [3.05, 3.63) is 54.1 Å². The molecule has 0 unspecified atom stereocenters. The van der Waals surface area contributed by atoms with E-state index in [0.717, 1.165) is 11.3 Å². The minimum atomic E-state index is -0.673. The number of carbonyl (C=O) groups excluding carboxylic acids is 2. The molecule has 3 heterocycles. The Morgan fingerprint density at radius 2 is 1.71 bits per heavy atom. The Hall–Kier alpha value is -3.60. The molecule has 1 saturated heterocycles. The highest BCUT2D eigenvalue weighted by Crippen LogP contribution is 2.31. The predicted octanol–water partition coefficient (Wildman–Crippen LogP) is 1.57. The summed E-state index contributed by atoms with van der Waals surface area (Å²) in [7, 11) is 0. The van der Waals surface area contributed by atoms with Crippen LogP contribution >= 0.6 is 11.8 Å². The summed E-state index contributed by atoms with van der Waals surface area (Å²) in [5.74, 6) is 1.31. The van der Waals surface area contributed by atoms with Gasteiger partial charge in [0.1, 0.15) is 6.61 Å². The smallest absolute Gasteiger partial charge is 0.267 e. The van der Waals surface area contributed by atoms with Crippen LogP contribution in [0.1, 0.15) is 5.56 Å². The monoisotopic (exact) mass is 480 g/mol. The number of para-hydroxylation sites is 2. The van der Waals surface area contributed by atoms with Gasteiger partial charge in [-0.3, -0.25) is 9.59 Å². The normalized spacial score (nSPS) is 17.5. The molecule has 2 amide bonds. The fourth-order valence-corrected chi connectivity index (χ4v) is 4.65. The maximum absolute atomic E-state index is 12.9. The topological polar surface area (TPSA) is 103 Å². The quantitative estimate of drug-likeness (QED) is 0.507. The average Bonchev–Trinajstić information content (AvgIpc) is 3.36. The van der Waals surface area contributed by atoms with Crippen LogP contribution in [-0.2, 0) is 9.59 Å². The van der Waals surface area contributed by atoms with Crippen LogP contribution in [0.15, 0.2) is 53.7 Å². The highest BCUT2D eigenvalue weighted by molar-refractivity contribution is 7.99. The number of rotatable bonds is 5. The summed E-state index contributed by atoms with van der Waals surface area (Å²) in [5, 5.41) is 12.4. The molecule has 1 aromatic heterocycles. The molecule has 2 aliphatic rings. The van der Waals surface area contributed by atoms with Crippen LogP contribution in [0.3, 0.4) is 0 Å². The second-order valence-electron chi connectivity index (χ2n) is 8.07. The number of piperazine rings is 1. The molecule has 11 heteroatoms. The summed E-state index contributed by atoms with van der Waals surface area (Å²) in [6.07, 6.45) is -0.673. The van der Waals surface area contributed by atoms with E-state index in [1.54, 1.807) is 20.5 Å². The predicted molar refractivity (Wildman–Crippen MR) is 124 cm³/mol. The van der Waals surface area contributed by atoms with Gasteiger partial charge in [0.15, 0.2) is 11.5 Å². The number of thioether (sulfide) groups is 1. The van der Waals surface area contributed by atoms with Crippen LogP contribution in [0, 0.1) is 6.92 Å². The van der Waals surface area contributed by atoms with E-state index in [0.29, 0.717) is 42.8 Å². The van der Waals surface area contributed by atoms with Gasteiger partial charge in [-0.15, -0.1) is 5.10 Å². The van der Waals surface area contributed by atoms with E-state index in [1.165, 1.54) is 11.8 Å². The van der Waals surface area contributed by atoms with E-state index in [1.807, 2.05) is 49.4 Å². The van der Waals surface area contributed by atoms with E-state index in [9.17, 15) is 9.59 Å². The van der Waals surface area contributed by atoms with E-state index < -0.39 is 6.10 Å². The number of amides is 2. The number of ether oxygens (including phenoxy) is 2. The van der Waals surface area contributed by atoms with Crippen molar-refractivity contribution in [1.82, 2.24) is 30.0 Å². The first-order valence-corrected chi connectivity index (χ1v) is 12.0. The fraction of sp³-hybridized carbons (Fsp3) is 0.348. The summed E-state index contributed by atoms with van der Waals surface area (Å²) in [6.45, 7) is 4.05. The van der Waals surface area contributed by atoms with Crippen molar-refractivity contribution in [2.75, 3.05) is 38.5 Å². The number of aromatic nitrogens is 4. The molecule has 34 heavy (non-hydrogen) atoms. The molecule has 0 radical (unpaired) electrons. The molecule has 0 aliphatic carbocycles. The van der Waals surface area contributed by atoms with Gasteiger partial charge in [-0.2, -0.15) is 4.68 Å². The lowest BCUT2D eigenvalue weighted by Gasteiger charge is -2.37. The van der Waals surface area contributed by atoms with Crippen molar-refractivity contribution in [3.63, 3.8) is 0 Å². The molecule has 1 atom stereocenters. The van der Waals surface area contributed by atoms with Crippen molar-refractivity contribution < 1.29 is 19.1 Å². The first kappa shape index (κ1) is 22.2. The molecule has 10 nitrogen and oxygen atoms in total. The summed E-state index contributed by atoms with van der Waals surface area (Å²) in [4.78, 5) is 29.2. The Labute approximate surface area is 200 Å². The van der Waals surface area contributed by atoms with Gasteiger partial charge in [0.25, 0.3) is 5.91 Å². The van der Waals surface area contributed by atoms with Gasteiger partial charge >= 0.3 is 0 Å². The molecule has 1 fully saturated rings. The molecule has 0 saturated carbocycles. The van der Waals surface area contributed by atoms with E-state index in [2.05, 4.69) is 15.5 Å². The van der Waals surface area contributed by atoms with Crippen LogP contribution < -0.4 is 9.47 Å². The van der Waals surface area contributed by atoms with Crippen LogP contribution in [0.4, 0.5) is 0 Å². The van der Waals surface area contributed by atoms with Crippen molar-refractivity contribution in [2.24, 2.45) is 0 Å². The lowest BCUT2D eigenvalue weighted by molar-refractivity contribution is -0.145. The van der Waals surface area contributed by atoms with Gasteiger partial charge in [-0.05, 0) is 41.6 Å². The lowest BCUT2D eigenvalue weighted by atomic mass is 10.2. The number of carbonyl (C=O) groups is 2. The van der Waals surface area contributed by atoms with Crippen molar-refractivity contribution in [3.8, 4) is 17.2 Å². The Bertz CT molecular complexity index is 1180. The molecular formula is C23H24N6O4S. The standard InChI is InChI=1S/C23H24N6O4S/c1-16-6-8-17(9-7-16)29-23(24-25-26-29)34-15-21(30)27-10-12-28(13-11-27)22(31)20-14-32-18-4-2-3-5-19(18)33-20/h2-9,20H,10-15H2,1H3/t20-/m0/s1. The molecule has 0 N–H and O–H groups in total. The molecule has 176 valence electrons. The number of aryl methyl sites for hydroxylation is 1. The molecule has 2 aromatic carbocycles. The Balaban J connectivity index is 1.12. The van der Waals surface area contributed by atoms with Gasteiger partial charge in [0, 0.05) is 26.2 Å². The van der Waals surface area contributed by atoms with Gasteiger partial charge in [0.05, 0.1) is 11.4 Å². The summed E-state index contributed by atoms with van der Waals surface area (Å²) < 4.78 is 13.1. The Kier molecular flexibility index (Phi) is 6.35. The zero-order valence-electron chi connectivity index (χ0n) is 18.7. The first-order valence-electron chi connectivity index (χ1n) is 11.0. The lowest BCUT2D eigenvalue weighted by Crippen LogP contribution is -2.55. The van der Waals surface area contributed by atoms with Crippen molar-refractivity contribution in [1.29, 1.82) is 0 Å². The molecule has 0 spiro atoms. The van der Waals surface area contributed by atoms with Crippen molar-refractivity contribution in [2.45, 2.75) is 18.2 Å². The van der Waals surface area contributed by atoms with E-state index in [4.69, 9.17) is 9.47 Å². The maximum atomic E-state index is 12.9. The molecule has 5 rings (SSSR count). The van der Waals surface area contributed by atoms with Gasteiger partial charge in [-0.1, -0.05) is 41.6 Å². The van der Waals surface area contributed by atoms with Crippen LogP contribution in [0.5, 0.6) is 11.5 Å². The largest absolute Gasteiger partial charge is 0.485 e. The third-order valence-electron chi connectivity index (χ3n) is 5.77. The van der Waals surface area contributed by atoms with E-state index >= 15 is 0 Å². The first-order chi connectivity index (χ1) is 16.6. The summed E-state index contributed by atoms with van der Waals surface area (Å²) in [6, 6.07) is 15.2. The Morgan fingerprint density at radius 1 is 1.00 bits per heavy atom. The number of hydrogen-bond donors (Lipinski definition) is 0. The van der Waals surface area contributed by atoms with Crippen LogP contribution in [0.25, 0.3) is 5.69 Å². The minimum Gasteiger partial charge on any atom is -0.485 e. The van der Waals surface area contributed by atoms with Gasteiger partial charge in [-0.25, -0.2) is 0 Å². The Morgan fingerprint density at radius 3 is 2.47 bits per heavy atom. The molecule has 3 aromatic rings. The van der Waals surface area contributed by atoms with Crippen molar-refractivity contribution >= 4 is 23.6 Å². The summed E-state index contributed by atoms with van der Waals surface area (Å²) >= 11 is 1.30. The zero-order chi connectivity index (χ0) is 23.5. The number of benzene rings is 2. The number of tetrazole rings is 1. The third-order valence-corrected chi connectivity index (χ3v) is 6.68. The number of fused-ring (bicyclic) bond motifs is 1. The van der Waals surface area contributed by atoms with Crippen LogP contribution in [0.2, 0.25) is 0 Å². The third kappa shape index (κ3) is 4.69. The number of hydrogen-bond acceptors (Lipinski definition) is 8. The minimum absolute atomic E-state index is 0.0123. The molecule has 0 bridgehead atoms. The molecular weight excluding hydrogens is 456 g/mol. The number of nitrogens with zero attached hydrogens (tertiary/aromatic N) is 6. The molecule has 2 aliphatic heterocycles. The zero-order valence-corrected chi connectivity index (χ0v) is 19.5. The SMILES string of the molecule is Cc1ccc(-n2nnnc2SCC(=O)N2CCN(C(=O)[C@@H]3COc4ccccc4O3)CC2)cc1. The second-order valence-corrected chi connectivity index (χ2v) is 9.01. The highest BCUT2D eigenvalue weighted by Gasteiger charge is 2.33.